The van der Waals surface area contributed by atoms with E-state index in [9.17, 15) is 23.3 Å². The van der Waals surface area contributed by atoms with Crippen LogP contribution in [0.1, 0.15) is 42.4 Å². The van der Waals surface area contributed by atoms with Crippen LogP contribution in [-0.2, 0) is 17.5 Å². The van der Waals surface area contributed by atoms with Crippen molar-refractivity contribution in [3.8, 4) is 17.5 Å². The fourth-order valence-electron chi connectivity index (χ4n) is 3.31. The molecule has 1 aromatic carbocycles. The molecule has 12 heteroatoms. The van der Waals surface area contributed by atoms with Crippen LogP contribution in [0.5, 0.6) is 5.88 Å². The first-order valence-corrected chi connectivity index (χ1v) is 10.4. The fourth-order valence-corrected chi connectivity index (χ4v) is 3.31. The fraction of sp³-hybridized carbons (Fsp3) is 0.318. The number of fused-ring (bicyclic) bond motifs is 5. The highest BCUT2D eigenvalue weighted by atomic mass is 19.4. The lowest BCUT2D eigenvalue weighted by molar-refractivity contribution is -0.384. The minimum absolute atomic E-state index is 0.0369. The number of rotatable bonds is 4. The summed E-state index contributed by atoms with van der Waals surface area (Å²) in [7, 11) is 0. The average Bonchev–Trinajstić information content (AvgIpc) is 3.29. The summed E-state index contributed by atoms with van der Waals surface area (Å²) in [6, 6.07) is 9.76. The van der Waals surface area contributed by atoms with Crippen molar-refractivity contribution >= 4 is 5.69 Å². The van der Waals surface area contributed by atoms with E-state index in [1.54, 1.807) is 6.08 Å². The monoisotopic (exact) mass is 476 g/mol. The van der Waals surface area contributed by atoms with Crippen LogP contribution in [0, 0.1) is 10.1 Å². The first kappa shape index (κ1) is 23.4. The van der Waals surface area contributed by atoms with Crippen LogP contribution in [-0.4, -0.2) is 26.7 Å². The molecule has 9 nitrogen and oxygen atoms in total. The van der Waals surface area contributed by atoms with Gasteiger partial charge in [-0.3, -0.25) is 10.1 Å². The Hall–Kier alpha value is -3.80. The van der Waals surface area contributed by atoms with Gasteiger partial charge >= 0.3 is 11.9 Å². The summed E-state index contributed by atoms with van der Waals surface area (Å²) in [5.41, 5.74) is -1.88. The van der Waals surface area contributed by atoms with Crippen molar-refractivity contribution in [2.24, 2.45) is 0 Å². The van der Waals surface area contributed by atoms with Crippen LogP contribution >= 0.6 is 0 Å². The number of benzene rings is 1. The lowest BCUT2D eigenvalue weighted by atomic mass is 10.1. The minimum Gasteiger partial charge on any atom is -0.477 e. The zero-order valence-corrected chi connectivity index (χ0v) is 17.7. The van der Waals surface area contributed by atoms with Crippen molar-refractivity contribution in [2.45, 2.75) is 38.1 Å². The van der Waals surface area contributed by atoms with Gasteiger partial charge in [-0.05, 0) is 24.8 Å². The molecule has 2 aromatic heterocycles. The molecule has 4 rings (SSSR count). The van der Waals surface area contributed by atoms with Crippen molar-refractivity contribution in [1.82, 2.24) is 15.2 Å². The van der Waals surface area contributed by atoms with Crippen LogP contribution in [0.2, 0.25) is 0 Å². The molecule has 178 valence electrons. The average molecular weight is 476 g/mol. The van der Waals surface area contributed by atoms with E-state index in [0.717, 1.165) is 5.56 Å². The third kappa shape index (κ3) is 5.39. The molecule has 0 amide bonds. The SMILES string of the molecule is O=[N+]([O-])c1cc(C(F)(F)F)c2nc1-c1nnc(o1)C(OCc1ccccc1)CC/C=C\CCO2. The van der Waals surface area contributed by atoms with Gasteiger partial charge < -0.3 is 13.9 Å². The molecule has 3 heterocycles. The normalized spacial score (nSPS) is 17.4. The maximum Gasteiger partial charge on any atom is 0.421 e. The molecule has 0 saturated heterocycles. The standard InChI is InChI=1S/C22H19F3N4O5/c23-22(24,25)15-12-16(29(30)31)18-21-28-27-20(34-21)17(33-13-14-8-4-3-5-9-14)10-6-1-2-7-11-32-19(15)26-18/h1-5,8-9,12,17H,6-7,10-11,13H2/b2-1-. The van der Waals surface area contributed by atoms with E-state index in [-0.39, 0.29) is 19.1 Å². The van der Waals surface area contributed by atoms with E-state index in [4.69, 9.17) is 13.9 Å². The zero-order chi connectivity index (χ0) is 24.1. The Labute approximate surface area is 191 Å². The van der Waals surface area contributed by atoms with E-state index >= 15 is 0 Å². The Morgan fingerprint density at radius 1 is 1.15 bits per heavy atom. The van der Waals surface area contributed by atoms with Crippen LogP contribution in [0.15, 0.2) is 53.0 Å². The Morgan fingerprint density at radius 2 is 1.91 bits per heavy atom. The second kappa shape index (κ2) is 10.00. The number of alkyl halides is 3. The lowest BCUT2D eigenvalue weighted by Gasteiger charge is -2.15. The number of allylic oxidation sites excluding steroid dienone is 1. The van der Waals surface area contributed by atoms with Gasteiger partial charge in [-0.2, -0.15) is 13.2 Å². The largest absolute Gasteiger partial charge is 0.477 e. The zero-order valence-electron chi connectivity index (χ0n) is 17.7. The van der Waals surface area contributed by atoms with Crippen molar-refractivity contribution in [2.75, 3.05) is 6.61 Å². The second-order valence-corrected chi connectivity index (χ2v) is 7.38. The third-order valence-electron chi connectivity index (χ3n) is 4.97. The van der Waals surface area contributed by atoms with Gasteiger partial charge in [0, 0.05) is 6.07 Å². The van der Waals surface area contributed by atoms with E-state index in [2.05, 4.69) is 15.2 Å². The molecular weight excluding hydrogens is 457 g/mol. The van der Waals surface area contributed by atoms with Gasteiger partial charge in [-0.15, -0.1) is 10.2 Å². The number of halogens is 3. The summed E-state index contributed by atoms with van der Waals surface area (Å²) in [5, 5.41) is 19.3. The minimum atomic E-state index is -4.91. The van der Waals surface area contributed by atoms with E-state index in [1.165, 1.54) is 0 Å². The van der Waals surface area contributed by atoms with Gasteiger partial charge in [0.15, 0.2) is 0 Å². The lowest BCUT2D eigenvalue weighted by Crippen LogP contribution is -2.12. The third-order valence-corrected chi connectivity index (χ3v) is 4.97. The molecule has 4 bridgehead atoms. The Balaban J connectivity index is 1.74. The second-order valence-electron chi connectivity index (χ2n) is 7.38. The summed E-state index contributed by atoms with van der Waals surface area (Å²) in [5.74, 6) is -1.16. The van der Waals surface area contributed by atoms with Crippen LogP contribution in [0.25, 0.3) is 11.6 Å². The molecule has 0 aliphatic carbocycles. The number of hydrogen-bond acceptors (Lipinski definition) is 8. The molecule has 0 fully saturated rings. The van der Waals surface area contributed by atoms with Crippen LogP contribution in [0.3, 0.4) is 0 Å². The molecule has 1 atom stereocenters. The number of nitrogens with zero attached hydrogens (tertiary/aromatic N) is 4. The predicted octanol–water partition coefficient (Wildman–Crippen LogP) is 5.44. The molecule has 1 aliphatic heterocycles. The van der Waals surface area contributed by atoms with Crippen LogP contribution < -0.4 is 4.74 Å². The Bertz CT molecular complexity index is 1180. The molecule has 0 spiro atoms. The van der Waals surface area contributed by atoms with Crippen molar-refractivity contribution in [1.29, 1.82) is 0 Å². The Morgan fingerprint density at radius 3 is 2.65 bits per heavy atom. The highest BCUT2D eigenvalue weighted by Gasteiger charge is 2.40. The van der Waals surface area contributed by atoms with Crippen molar-refractivity contribution < 1.29 is 32.0 Å². The smallest absolute Gasteiger partial charge is 0.421 e. The van der Waals surface area contributed by atoms with E-state index < -0.39 is 45.9 Å². The maximum atomic E-state index is 13.5. The summed E-state index contributed by atoms with van der Waals surface area (Å²) in [6.45, 7) is 0.149. The first-order chi connectivity index (χ1) is 16.3. The molecule has 3 aromatic rings. The van der Waals surface area contributed by atoms with Crippen molar-refractivity contribution in [3.63, 3.8) is 0 Å². The molecule has 0 saturated carbocycles. The van der Waals surface area contributed by atoms with Crippen LogP contribution in [0.4, 0.5) is 18.9 Å². The van der Waals surface area contributed by atoms with E-state index in [0.29, 0.717) is 25.3 Å². The van der Waals surface area contributed by atoms with Gasteiger partial charge in [0.25, 0.3) is 5.89 Å². The first-order valence-electron chi connectivity index (χ1n) is 10.4. The van der Waals surface area contributed by atoms with E-state index in [1.807, 2.05) is 36.4 Å². The number of pyridine rings is 1. The van der Waals surface area contributed by atoms with Gasteiger partial charge in [0.05, 0.1) is 18.1 Å². The highest BCUT2D eigenvalue weighted by Crippen LogP contribution is 2.41. The van der Waals surface area contributed by atoms with Gasteiger partial charge in [-0.1, -0.05) is 42.5 Å². The Kier molecular flexibility index (Phi) is 6.87. The topological polar surface area (TPSA) is 113 Å². The number of aromatic nitrogens is 3. The van der Waals surface area contributed by atoms with Gasteiger partial charge in [-0.25, -0.2) is 4.98 Å². The highest BCUT2D eigenvalue weighted by molar-refractivity contribution is 5.64. The summed E-state index contributed by atoms with van der Waals surface area (Å²) < 4.78 is 57.4. The predicted molar refractivity (Wildman–Crippen MR) is 112 cm³/mol. The number of hydrogen-bond donors (Lipinski definition) is 0. The molecule has 0 N–H and O–H groups in total. The summed E-state index contributed by atoms with van der Waals surface area (Å²) in [4.78, 5) is 14.3. The molecule has 34 heavy (non-hydrogen) atoms. The molecule has 1 unspecified atom stereocenters. The summed E-state index contributed by atoms with van der Waals surface area (Å²) >= 11 is 0. The molecule has 1 aliphatic rings. The molecule has 0 radical (unpaired) electrons. The maximum absolute atomic E-state index is 13.5. The quantitative estimate of drug-likeness (QED) is 0.278. The summed E-state index contributed by atoms with van der Waals surface area (Å²) in [6.07, 6.45) is -0.585. The molecular formula is C22H19F3N4O5. The number of ether oxygens (including phenoxy) is 2. The van der Waals surface area contributed by atoms with Gasteiger partial charge in [0.1, 0.15) is 11.7 Å². The van der Waals surface area contributed by atoms with Crippen molar-refractivity contribution in [3.05, 3.63) is 75.7 Å². The van der Waals surface area contributed by atoms with Gasteiger partial charge in [0.2, 0.25) is 17.5 Å². The number of nitro groups is 1.